The van der Waals surface area contributed by atoms with Crippen LogP contribution >= 0.6 is 0 Å². The first-order chi connectivity index (χ1) is 9.19. The molecular formula is C13H20N4O2. The zero-order chi connectivity index (χ0) is 13.7. The number of urea groups is 1. The van der Waals surface area contributed by atoms with Crippen LogP contribution in [0, 0.1) is 0 Å². The normalized spacial score (nSPS) is 22.8. The van der Waals surface area contributed by atoms with E-state index in [4.69, 9.17) is 0 Å². The van der Waals surface area contributed by atoms with Gasteiger partial charge in [0.15, 0.2) is 0 Å². The molecule has 104 valence electrons. The molecule has 1 aliphatic carbocycles. The van der Waals surface area contributed by atoms with Gasteiger partial charge in [-0.3, -0.25) is 0 Å². The van der Waals surface area contributed by atoms with Crippen molar-refractivity contribution in [2.24, 2.45) is 0 Å². The Labute approximate surface area is 112 Å². The van der Waals surface area contributed by atoms with E-state index in [1.165, 1.54) is 0 Å². The highest BCUT2D eigenvalue weighted by molar-refractivity contribution is 5.89. The van der Waals surface area contributed by atoms with E-state index in [9.17, 15) is 9.90 Å². The molecule has 1 aliphatic rings. The van der Waals surface area contributed by atoms with Crippen molar-refractivity contribution in [1.29, 1.82) is 0 Å². The van der Waals surface area contributed by atoms with Gasteiger partial charge in [0.1, 0.15) is 5.82 Å². The lowest BCUT2D eigenvalue weighted by Gasteiger charge is -2.28. The Hall–Kier alpha value is -1.69. The van der Waals surface area contributed by atoms with E-state index < -0.39 is 6.10 Å². The molecule has 1 aromatic rings. The van der Waals surface area contributed by atoms with Crippen LogP contribution in [0.2, 0.25) is 0 Å². The van der Waals surface area contributed by atoms with Crippen LogP contribution < -0.4 is 10.6 Å². The van der Waals surface area contributed by atoms with Crippen LogP contribution in [0.15, 0.2) is 12.4 Å². The van der Waals surface area contributed by atoms with Crippen molar-refractivity contribution in [2.75, 3.05) is 5.32 Å². The minimum Gasteiger partial charge on any atom is -0.391 e. The maximum Gasteiger partial charge on any atom is 0.319 e. The molecule has 1 saturated carbocycles. The maximum atomic E-state index is 11.8. The van der Waals surface area contributed by atoms with Crippen molar-refractivity contribution in [3.63, 3.8) is 0 Å². The summed E-state index contributed by atoms with van der Waals surface area (Å²) in [5.74, 6) is 0.744. The number of rotatable bonds is 3. The largest absolute Gasteiger partial charge is 0.391 e. The molecule has 0 aliphatic heterocycles. The third-order valence-corrected chi connectivity index (χ3v) is 3.33. The van der Waals surface area contributed by atoms with Crippen LogP contribution in [0.1, 0.15) is 38.4 Å². The van der Waals surface area contributed by atoms with Gasteiger partial charge in [0.05, 0.1) is 30.2 Å². The molecule has 3 N–H and O–H groups in total. The Balaban J connectivity index is 1.86. The molecular weight excluding hydrogens is 244 g/mol. The van der Waals surface area contributed by atoms with E-state index in [0.717, 1.165) is 37.9 Å². The second kappa shape index (κ2) is 6.47. The smallest absolute Gasteiger partial charge is 0.319 e. The highest BCUT2D eigenvalue weighted by Crippen LogP contribution is 2.18. The average Bonchev–Trinajstić information content (AvgIpc) is 2.42. The number of nitrogens with one attached hydrogen (secondary N) is 2. The van der Waals surface area contributed by atoms with Crippen LogP contribution in [-0.4, -0.2) is 33.3 Å². The van der Waals surface area contributed by atoms with E-state index >= 15 is 0 Å². The molecule has 2 rings (SSSR count). The van der Waals surface area contributed by atoms with Crippen molar-refractivity contribution in [2.45, 2.75) is 51.2 Å². The number of carbonyl (C=O) groups excluding carboxylic acids is 1. The number of hydrogen-bond donors (Lipinski definition) is 3. The summed E-state index contributed by atoms with van der Waals surface area (Å²) < 4.78 is 0. The number of aliphatic hydroxyl groups is 1. The number of amides is 2. The van der Waals surface area contributed by atoms with Gasteiger partial charge in [0.2, 0.25) is 0 Å². The first kappa shape index (κ1) is 13.7. The molecule has 0 spiro atoms. The number of aliphatic hydroxyl groups excluding tert-OH is 1. The summed E-state index contributed by atoms with van der Waals surface area (Å²) in [6.07, 6.45) is 7.12. The van der Waals surface area contributed by atoms with Crippen molar-refractivity contribution < 1.29 is 9.90 Å². The third-order valence-electron chi connectivity index (χ3n) is 3.33. The zero-order valence-electron chi connectivity index (χ0n) is 11.1. The number of carbonyl (C=O) groups is 1. The molecule has 0 saturated heterocycles. The van der Waals surface area contributed by atoms with E-state index in [0.29, 0.717) is 5.69 Å². The second-order valence-electron chi connectivity index (χ2n) is 4.80. The standard InChI is InChI=1S/C13H20N4O2/c1-2-12-14-7-9(8-15-12)16-13(19)17-10-5-3-4-6-11(10)18/h7-8,10-11,18H,2-6H2,1H3,(H2,16,17,19). The lowest BCUT2D eigenvalue weighted by atomic mass is 9.93. The number of anilines is 1. The van der Waals surface area contributed by atoms with Gasteiger partial charge in [-0.15, -0.1) is 0 Å². The van der Waals surface area contributed by atoms with Crippen molar-refractivity contribution >= 4 is 11.7 Å². The van der Waals surface area contributed by atoms with Crippen molar-refractivity contribution in [3.8, 4) is 0 Å². The fourth-order valence-electron chi connectivity index (χ4n) is 2.22. The Kier molecular flexibility index (Phi) is 4.68. The van der Waals surface area contributed by atoms with Gasteiger partial charge in [-0.1, -0.05) is 19.8 Å². The molecule has 0 bridgehead atoms. The Morgan fingerprint density at radius 1 is 1.37 bits per heavy atom. The predicted molar refractivity (Wildman–Crippen MR) is 71.8 cm³/mol. The number of hydrogen-bond acceptors (Lipinski definition) is 4. The molecule has 6 nitrogen and oxygen atoms in total. The van der Waals surface area contributed by atoms with Gasteiger partial charge < -0.3 is 15.7 Å². The summed E-state index contributed by atoms with van der Waals surface area (Å²) >= 11 is 0. The minimum absolute atomic E-state index is 0.162. The Morgan fingerprint density at radius 3 is 2.68 bits per heavy atom. The van der Waals surface area contributed by atoms with Crippen LogP contribution in [0.4, 0.5) is 10.5 Å². The van der Waals surface area contributed by atoms with E-state index in [1.54, 1.807) is 12.4 Å². The third kappa shape index (κ3) is 3.89. The molecule has 1 aromatic heterocycles. The molecule has 2 atom stereocenters. The number of nitrogens with zero attached hydrogens (tertiary/aromatic N) is 2. The van der Waals surface area contributed by atoms with Crippen LogP contribution in [-0.2, 0) is 6.42 Å². The van der Waals surface area contributed by atoms with E-state index in [-0.39, 0.29) is 12.1 Å². The van der Waals surface area contributed by atoms with Crippen LogP contribution in [0.5, 0.6) is 0 Å². The summed E-state index contributed by atoms with van der Waals surface area (Å²) in [6.45, 7) is 1.97. The summed E-state index contributed by atoms with van der Waals surface area (Å²) in [5, 5.41) is 15.3. The van der Waals surface area contributed by atoms with Gasteiger partial charge in [0.25, 0.3) is 0 Å². The van der Waals surface area contributed by atoms with Crippen LogP contribution in [0.3, 0.4) is 0 Å². The SMILES string of the molecule is CCc1ncc(NC(=O)NC2CCCCC2O)cn1. The lowest BCUT2D eigenvalue weighted by Crippen LogP contribution is -2.46. The molecule has 2 unspecified atom stereocenters. The summed E-state index contributed by atoms with van der Waals surface area (Å²) in [4.78, 5) is 20.0. The lowest BCUT2D eigenvalue weighted by molar-refractivity contribution is 0.0955. The van der Waals surface area contributed by atoms with Gasteiger partial charge in [0, 0.05) is 6.42 Å². The minimum atomic E-state index is -0.446. The topological polar surface area (TPSA) is 87.1 Å². The first-order valence-electron chi connectivity index (χ1n) is 6.75. The molecule has 1 heterocycles. The van der Waals surface area contributed by atoms with Crippen LogP contribution in [0.25, 0.3) is 0 Å². The van der Waals surface area contributed by atoms with Crippen molar-refractivity contribution in [1.82, 2.24) is 15.3 Å². The monoisotopic (exact) mass is 264 g/mol. The molecule has 0 radical (unpaired) electrons. The van der Waals surface area contributed by atoms with Gasteiger partial charge >= 0.3 is 6.03 Å². The molecule has 0 aromatic carbocycles. The highest BCUT2D eigenvalue weighted by Gasteiger charge is 2.24. The second-order valence-corrected chi connectivity index (χ2v) is 4.80. The first-order valence-corrected chi connectivity index (χ1v) is 6.75. The van der Waals surface area contributed by atoms with Crippen molar-refractivity contribution in [3.05, 3.63) is 18.2 Å². The summed E-state index contributed by atoms with van der Waals surface area (Å²) in [7, 11) is 0. The fraction of sp³-hybridized carbons (Fsp3) is 0.615. The predicted octanol–water partition coefficient (Wildman–Crippen LogP) is 1.46. The van der Waals surface area contributed by atoms with Gasteiger partial charge in [-0.05, 0) is 12.8 Å². The average molecular weight is 264 g/mol. The maximum absolute atomic E-state index is 11.8. The van der Waals surface area contributed by atoms with E-state index in [2.05, 4.69) is 20.6 Å². The summed E-state index contributed by atoms with van der Waals surface area (Å²) in [5.41, 5.74) is 0.556. The molecule has 1 fully saturated rings. The van der Waals surface area contributed by atoms with E-state index in [1.807, 2.05) is 6.92 Å². The highest BCUT2D eigenvalue weighted by atomic mass is 16.3. The quantitative estimate of drug-likeness (QED) is 0.771. The molecule has 6 heteroatoms. The van der Waals surface area contributed by atoms with Gasteiger partial charge in [-0.2, -0.15) is 0 Å². The molecule has 2 amide bonds. The fourth-order valence-corrected chi connectivity index (χ4v) is 2.22. The Bertz CT molecular complexity index is 421. The molecule has 19 heavy (non-hydrogen) atoms. The number of aryl methyl sites for hydroxylation is 1. The number of aromatic nitrogens is 2. The van der Waals surface area contributed by atoms with Gasteiger partial charge in [-0.25, -0.2) is 14.8 Å². The summed E-state index contributed by atoms with van der Waals surface area (Å²) in [6, 6.07) is -0.483. The zero-order valence-corrected chi connectivity index (χ0v) is 11.1. The Morgan fingerprint density at radius 2 is 2.05 bits per heavy atom.